The lowest BCUT2D eigenvalue weighted by molar-refractivity contribution is -0.117. The van der Waals surface area contributed by atoms with Crippen LogP contribution in [-0.4, -0.2) is 31.0 Å². The lowest BCUT2D eigenvalue weighted by Crippen LogP contribution is -2.20. The molecule has 0 spiro atoms. The second-order valence-corrected chi connectivity index (χ2v) is 3.98. The van der Waals surface area contributed by atoms with Crippen LogP contribution in [0, 0.1) is 6.92 Å². The van der Waals surface area contributed by atoms with Gasteiger partial charge in [-0.25, -0.2) is 9.67 Å². The first-order chi connectivity index (χ1) is 9.08. The Morgan fingerprint density at radius 3 is 3.00 bits per heavy atom. The van der Waals surface area contributed by atoms with E-state index in [2.05, 4.69) is 20.6 Å². The summed E-state index contributed by atoms with van der Waals surface area (Å²) in [6.07, 6.45) is 1.59. The zero-order valence-corrected chi connectivity index (χ0v) is 10.4. The fourth-order valence-corrected chi connectivity index (χ4v) is 1.47. The molecule has 2 heterocycles. The number of pyridine rings is 1. The molecule has 0 atom stereocenters. The number of rotatable bonds is 4. The molecule has 1 amide bonds. The summed E-state index contributed by atoms with van der Waals surface area (Å²) in [7, 11) is 0. The Morgan fingerprint density at radius 2 is 2.32 bits per heavy atom. The maximum Gasteiger partial charge on any atom is 0.247 e. The maximum absolute atomic E-state index is 11.8. The Hall–Kier alpha value is -2.48. The van der Waals surface area contributed by atoms with E-state index in [1.807, 2.05) is 0 Å². The van der Waals surface area contributed by atoms with Crippen LogP contribution in [0.25, 0.3) is 0 Å². The number of nitrogens with zero attached hydrogens (tertiary/aromatic N) is 4. The van der Waals surface area contributed by atoms with E-state index in [9.17, 15) is 9.90 Å². The average Bonchev–Trinajstić information content (AvgIpc) is 2.81. The number of hydrogen-bond donors (Lipinski definition) is 3. The molecule has 8 nitrogen and oxygen atoms in total. The molecule has 0 saturated heterocycles. The number of aryl methyl sites for hydroxylation is 1. The van der Waals surface area contributed by atoms with Crippen molar-refractivity contribution in [2.24, 2.45) is 5.73 Å². The first kappa shape index (κ1) is 13.0. The SMILES string of the molecule is Cc1ccc(O)c(NC(=O)Cn2cc(CN)nn2)n1. The van der Waals surface area contributed by atoms with Gasteiger partial charge in [0.15, 0.2) is 11.6 Å². The summed E-state index contributed by atoms with van der Waals surface area (Å²) in [5.41, 5.74) is 6.69. The van der Waals surface area contributed by atoms with Gasteiger partial charge in [0.2, 0.25) is 5.91 Å². The largest absolute Gasteiger partial charge is 0.504 e. The molecule has 0 aliphatic carbocycles. The van der Waals surface area contributed by atoms with E-state index in [4.69, 9.17) is 5.73 Å². The summed E-state index contributed by atoms with van der Waals surface area (Å²) in [6.45, 7) is 2.00. The standard InChI is InChI=1S/C11H14N6O2/c1-7-2-3-9(18)11(13-7)14-10(19)6-17-5-8(4-12)15-16-17/h2-3,5,18H,4,6,12H2,1H3,(H,13,14,19). The highest BCUT2D eigenvalue weighted by Crippen LogP contribution is 2.19. The first-order valence-electron chi connectivity index (χ1n) is 5.64. The van der Waals surface area contributed by atoms with Gasteiger partial charge >= 0.3 is 0 Å². The summed E-state index contributed by atoms with van der Waals surface area (Å²) >= 11 is 0. The summed E-state index contributed by atoms with van der Waals surface area (Å²) in [4.78, 5) is 15.8. The van der Waals surface area contributed by atoms with E-state index >= 15 is 0 Å². The van der Waals surface area contributed by atoms with Crippen LogP contribution in [0.15, 0.2) is 18.3 Å². The number of aromatic hydroxyl groups is 1. The van der Waals surface area contributed by atoms with E-state index in [0.717, 1.165) is 0 Å². The lowest BCUT2D eigenvalue weighted by Gasteiger charge is -2.06. The number of anilines is 1. The number of hydrogen-bond acceptors (Lipinski definition) is 6. The van der Waals surface area contributed by atoms with Gasteiger partial charge < -0.3 is 16.2 Å². The quantitative estimate of drug-likeness (QED) is 0.701. The van der Waals surface area contributed by atoms with Crippen molar-refractivity contribution >= 4 is 11.7 Å². The molecule has 0 bridgehead atoms. The number of aromatic nitrogens is 4. The van der Waals surface area contributed by atoms with E-state index in [1.54, 1.807) is 19.2 Å². The predicted octanol–water partition coefficient (Wildman–Crippen LogP) is -0.215. The molecule has 0 radical (unpaired) electrons. The van der Waals surface area contributed by atoms with Gasteiger partial charge in [-0.05, 0) is 19.1 Å². The van der Waals surface area contributed by atoms with E-state index in [1.165, 1.54) is 10.7 Å². The molecule has 2 rings (SSSR count). The Morgan fingerprint density at radius 1 is 1.53 bits per heavy atom. The molecular weight excluding hydrogens is 248 g/mol. The minimum atomic E-state index is -0.359. The van der Waals surface area contributed by atoms with Gasteiger partial charge in [-0.2, -0.15) is 0 Å². The molecule has 8 heteroatoms. The monoisotopic (exact) mass is 262 g/mol. The average molecular weight is 262 g/mol. The van der Waals surface area contributed by atoms with Crippen molar-refractivity contribution < 1.29 is 9.90 Å². The zero-order chi connectivity index (χ0) is 13.8. The van der Waals surface area contributed by atoms with Crippen LogP contribution in [0.1, 0.15) is 11.4 Å². The van der Waals surface area contributed by atoms with Gasteiger partial charge in [-0.3, -0.25) is 4.79 Å². The molecular formula is C11H14N6O2. The van der Waals surface area contributed by atoms with Gasteiger partial charge in [-0.1, -0.05) is 5.21 Å². The molecule has 0 aliphatic rings. The van der Waals surface area contributed by atoms with E-state index in [-0.39, 0.29) is 30.6 Å². The van der Waals surface area contributed by atoms with Gasteiger partial charge in [0, 0.05) is 12.2 Å². The van der Waals surface area contributed by atoms with Crippen molar-refractivity contribution in [3.8, 4) is 5.75 Å². The molecule has 0 aliphatic heterocycles. The van der Waals surface area contributed by atoms with Crippen molar-refractivity contribution in [3.05, 3.63) is 29.7 Å². The third-order valence-electron chi connectivity index (χ3n) is 2.37. The van der Waals surface area contributed by atoms with Crippen LogP contribution in [0.3, 0.4) is 0 Å². The third-order valence-corrected chi connectivity index (χ3v) is 2.37. The second kappa shape index (κ2) is 5.44. The summed E-state index contributed by atoms with van der Waals surface area (Å²) in [5, 5.41) is 19.6. The van der Waals surface area contributed by atoms with Gasteiger partial charge in [0.1, 0.15) is 6.54 Å². The Balaban J connectivity index is 2.03. The van der Waals surface area contributed by atoms with Crippen LogP contribution in [0.2, 0.25) is 0 Å². The lowest BCUT2D eigenvalue weighted by atomic mass is 10.3. The topological polar surface area (TPSA) is 119 Å². The van der Waals surface area contributed by atoms with Crippen LogP contribution < -0.4 is 11.1 Å². The summed E-state index contributed by atoms with van der Waals surface area (Å²) < 4.78 is 1.37. The van der Waals surface area contributed by atoms with Crippen molar-refractivity contribution in [2.45, 2.75) is 20.0 Å². The summed E-state index contributed by atoms with van der Waals surface area (Å²) in [6, 6.07) is 3.12. The molecule has 0 unspecified atom stereocenters. The normalized spacial score (nSPS) is 10.4. The Kier molecular flexibility index (Phi) is 3.71. The number of nitrogens with one attached hydrogen (secondary N) is 1. The molecule has 0 aromatic carbocycles. The number of carbonyl (C=O) groups is 1. The molecule has 0 saturated carbocycles. The third kappa shape index (κ3) is 3.26. The fourth-order valence-electron chi connectivity index (χ4n) is 1.47. The van der Waals surface area contributed by atoms with Crippen LogP contribution >= 0.6 is 0 Å². The second-order valence-electron chi connectivity index (χ2n) is 3.98. The maximum atomic E-state index is 11.8. The predicted molar refractivity (Wildman–Crippen MR) is 67.2 cm³/mol. The number of nitrogens with two attached hydrogens (primary N) is 1. The van der Waals surface area contributed by atoms with E-state index < -0.39 is 0 Å². The highest BCUT2D eigenvalue weighted by atomic mass is 16.3. The van der Waals surface area contributed by atoms with Crippen LogP contribution in [0.4, 0.5) is 5.82 Å². The van der Waals surface area contributed by atoms with Crippen molar-refractivity contribution in [2.75, 3.05) is 5.32 Å². The Labute approximate surface area is 109 Å². The minimum Gasteiger partial charge on any atom is -0.504 e. The fraction of sp³-hybridized carbons (Fsp3) is 0.273. The van der Waals surface area contributed by atoms with Gasteiger partial charge in [0.25, 0.3) is 0 Å². The molecule has 0 fully saturated rings. The zero-order valence-electron chi connectivity index (χ0n) is 10.4. The van der Waals surface area contributed by atoms with Gasteiger partial charge in [0.05, 0.1) is 11.9 Å². The molecule has 4 N–H and O–H groups in total. The number of amides is 1. The smallest absolute Gasteiger partial charge is 0.247 e. The van der Waals surface area contributed by atoms with Crippen molar-refractivity contribution in [1.29, 1.82) is 0 Å². The van der Waals surface area contributed by atoms with Crippen molar-refractivity contribution in [1.82, 2.24) is 20.0 Å². The van der Waals surface area contributed by atoms with E-state index in [0.29, 0.717) is 11.4 Å². The highest BCUT2D eigenvalue weighted by Gasteiger charge is 2.09. The number of carbonyl (C=O) groups excluding carboxylic acids is 1. The van der Waals surface area contributed by atoms with Crippen molar-refractivity contribution in [3.63, 3.8) is 0 Å². The Bertz CT molecular complexity index is 595. The van der Waals surface area contributed by atoms with Crippen LogP contribution in [0.5, 0.6) is 5.75 Å². The highest BCUT2D eigenvalue weighted by molar-refractivity contribution is 5.90. The molecule has 100 valence electrons. The molecule has 19 heavy (non-hydrogen) atoms. The molecule has 2 aromatic rings. The summed E-state index contributed by atoms with van der Waals surface area (Å²) in [5.74, 6) is -0.314. The molecule has 2 aromatic heterocycles. The van der Waals surface area contributed by atoms with Crippen LogP contribution in [-0.2, 0) is 17.9 Å². The van der Waals surface area contributed by atoms with Gasteiger partial charge in [-0.15, -0.1) is 5.10 Å². The first-order valence-corrected chi connectivity index (χ1v) is 5.64. The minimum absolute atomic E-state index is 0.0257.